The third kappa shape index (κ3) is 3.35. The molecule has 0 saturated heterocycles. The van der Waals surface area contributed by atoms with Gasteiger partial charge in [-0.3, -0.25) is 0 Å². The zero-order chi connectivity index (χ0) is 23.4. The van der Waals surface area contributed by atoms with Crippen LogP contribution < -0.4 is 22.3 Å². The average molecular weight is 520 g/mol. The van der Waals surface area contributed by atoms with Crippen LogP contribution in [0.15, 0.2) is 50.0 Å². The fourth-order valence-corrected chi connectivity index (χ4v) is 4.55. The highest BCUT2D eigenvalue weighted by molar-refractivity contribution is 6.43. The van der Waals surface area contributed by atoms with E-state index in [1.54, 1.807) is 36.4 Å². The summed E-state index contributed by atoms with van der Waals surface area (Å²) in [5, 5.41) is 11.2. The van der Waals surface area contributed by atoms with E-state index in [2.05, 4.69) is 11.1 Å². The standard InChI is InChI=1S/C22H10Cl4N4O3/c23-12-5-1-3-9(16(12)25)7-14-21(31)32-19-11(8-27)15(10-4-2-6-13(24)17(10)26)18-20(30(14)19)33-22(28)29-18/h1-7,15H,(H2,28,29)/b14-7+/t15-/m1/s1. The fourth-order valence-electron chi connectivity index (χ4n) is 3.77. The molecule has 3 heterocycles. The van der Waals surface area contributed by atoms with Gasteiger partial charge in [0.15, 0.2) is 0 Å². The Morgan fingerprint density at radius 2 is 1.76 bits per heavy atom. The van der Waals surface area contributed by atoms with Gasteiger partial charge in [-0.15, -0.1) is 0 Å². The summed E-state index contributed by atoms with van der Waals surface area (Å²) in [6.45, 7) is 0. The summed E-state index contributed by atoms with van der Waals surface area (Å²) in [7, 11) is 0. The van der Waals surface area contributed by atoms with E-state index in [1.807, 2.05) is 0 Å². The molecule has 0 radical (unpaired) electrons. The zero-order valence-electron chi connectivity index (χ0n) is 16.3. The van der Waals surface area contributed by atoms with Crippen molar-refractivity contribution in [2.75, 3.05) is 5.73 Å². The number of anilines is 1. The van der Waals surface area contributed by atoms with E-state index in [0.29, 0.717) is 16.1 Å². The summed E-state index contributed by atoms with van der Waals surface area (Å²) >= 11 is 25.1. The van der Waals surface area contributed by atoms with Crippen molar-refractivity contribution in [2.45, 2.75) is 5.92 Å². The summed E-state index contributed by atoms with van der Waals surface area (Å²) in [6, 6.07) is 11.9. The van der Waals surface area contributed by atoms with Crippen molar-refractivity contribution in [1.29, 1.82) is 5.26 Å². The maximum absolute atomic E-state index is 12.9. The molecule has 0 unspecified atom stereocenters. The molecule has 33 heavy (non-hydrogen) atoms. The second kappa shape index (κ2) is 8.01. The number of nitrogen functional groups attached to an aromatic ring is 1. The van der Waals surface area contributed by atoms with E-state index in [4.69, 9.17) is 61.0 Å². The number of rotatable bonds is 2. The third-order valence-corrected chi connectivity index (χ3v) is 6.84. The highest BCUT2D eigenvalue weighted by Crippen LogP contribution is 2.42. The molecule has 0 aliphatic carbocycles. The molecule has 0 spiro atoms. The largest absolute Gasteiger partial charge is 0.406 e. The number of nitrogens with two attached hydrogens (primary N) is 1. The van der Waals surface area contributed by atoms with Crippen LogP contribution in [0.1, 0.15) is 22.7 Å². The third-order valence-electron chi connectivity index (χ3n) is 5.18. The predicted molar refractivity (Wildman–Crippen MR) is 125 cm³/mol. The number of fused-ring (bicyclic) bond motifs is 3. The van der Waals surface area contributed by atoms with Gasteiger partial charge in [-0.1, -0.05) is 70.7 Å². The van der Waals surface area contributed by atoms with Crippen LogP contribution in [0.5, 0.6) is 0 Å². The molecule has 2 aromatic heterocycles. The number of halogens is 4. The maximum Gasteiger partial charge on any atom is 0.362 e. The number of nitriles is 1. The first-order chi connectivity index (χ1) is 15.8. The van der Waals surface area contributed by atoms with Gasteiger partial charge in [0.25, 0.3) is 6.01 Å². The number of aromatic nitrogens is 2. The molecule has 2 aromatic carbocycles. The van der Waals surface area contributed by atoms with Gasteiger partial charge in [-0.25, -0.2) is 9.36 Å². The van der Waals surface area contributed by atoms with Gasteiger partial charge in [0.2, 0.25) is 11.4 Å². The van der Waals surface area contributed by atoms with Crippen LogP contribution in [0.25, 0.3) is 17.5 Å². The summed E-state index contributed by atoms with van der Waals surface area (Å²) in [5.74, 6) is -0.719. The van der Waals surface area contributed by atoms with Crippen molar-refractivity contribution in [3.63, 3.8) is 0 Å². The first-order valence-electron chi connectivity index (χ1n) is 9.34. The van der Waals surface area contributed by atoms with Crippen molar-refractivity contribution < 1.29 is 8.83 Å². The first-order valence-corrected chi connectivity index (χ1v) is 10.9. The minimum absolute atomic E-state index is 0.0370. The van der Waals surface area contributed by atoms with Gasteiger partial charge in [-0.2, -0.15) is 10.2 Å². The Morgan fingerprint density at radius 1 is 1.06 bits per heavy atom. The van der Waals surface area contributed by atoms with Crippen LogP contribution in [0, 0.1) is 11.3 Å². The number of hydrogen-bond donors (Lipinski definition) is 1. The molecule has 0 fully saturated rings. The summed E-state index contributed by atoms with van der Waals surface area (Å²) in [5.41, 5.74) is 6.39. The highest BCUT2D eigenvalue weighted by atomic mass is 35.5. The van der Waals surface area contributed by atoms with Crippen LogP contribution in [-0.2, 0) is 0 Å². The number of nitrogens with zero attached hydrogens (tertiary/aromatic N) is 3. The average Bonchev–Trinajstić information content (AvgIpc) is 3.32. The van der Waals surface area contributed by atoms with Crippen LogP contribution in [-0.4, -0.2) is 9.55 Å². The molecule has 0 bridgehead atoms. The molecule has 7 nitrogen and oxygen atoms in total. The lowest BCUT2D eigenvalue weighted by molar-refractivity contribution is 0.455. The van der Waals surface area contributed by atoms with Gasteiger partial charge in [0, 0.05) is 0 Å². The zero-order valence-corrected chi connectivity index (χ0v) is 19.3. The van der Waals surface area contributed by atoms with Gasteiger partial charge < -0.3 is 14.6 Å². The Kier molecular flexibility index (Phi) is 5.26. The second-order valence-corrected chi connectivity index (χ2v) is 8.62. The van der Waals surface area contributed by atoms with Gasteiger partial charge in [-0.05, 0) is 29.3 Å². The van der Waals surface area contributed by atoms with Crippen LogP contribution >= 0.6 is 46.4 Å². The van der Waals surface area contributed by atoms with Gasteiger partial charge in [0.1, 0.15) is 22.7 Å². The first kappa shape index (κ1) is 21.7. The Bertz CT molecular complexity index is 1680. The normalized spacial score (nSPS) is 15.3. The van der Waals surface area contributed by atoms with Gasteiger partial charge in [0.05, 0.1) is 26.0 Å². The Balaban J connectivity index is 1.92. The van der Waals surface area contributed by atoms with Crippen LogP contribution in [0.4, 0.5) is 6.01 Å². The Morgan fingerprint density at radius 3 is 2.48 bits per heavy atom. The lowest BCUT2D eigenvalue weighted by atomic mass is 9.87. The molecule has 2 N–H and O–H groups in total. The lowest BCUT2D eigenvalue weighted by Crippen LogP contribution is -2.35. The van der Waals surface area contributed by atoms with E-state index >= 15 is 0 Å². The minimum atomic E-state index is -0.828. The topological polar surface area (TPSA) is 111 Å². The van der Waals surface area contributed by atoms with Crippen molar-refractivity contribution in [1.82, 2.24) is 9.55 Å². The second-order valence-electron chi connectivity index (χ2n) is 7.05. The van der Waals surface area contributed by atoms with Crippen molar-refractivity contribution >= 4 is 64.1 Å². The van der Waals surface area contributed by atoms with Gasteiger partial charge >= 0.3 is 5.63 Å². The number of hydrogen-bond acceptors (Lipinski definition) is 6. The Labute approximate surface area is 205 Å². The molecule has 1 aliphatic rings. The van der Waals surface area contributed by atoms with E-state index in [1.165, 1.54) is 10.6 Å². The van der Waals surface area contributed by atoms with Crippen LogP contribution in [0.2, 0.25) is 20.1 Å². The number of oxazole rings is 2. The van der Waals surface area contributed by atoms with E-state index < -0.39 is 11.5 Å². The Hall–Kier alpha value is -3.15. The van der Waals surface area contributed by atoms with E-state index in [9.17, 15) is 10.1 Å². The van der Waals surface area contributed by atoms with Crippen LogP contribution in [0.3, 0.4) is 0 Å². The summed E-state index contributed by atoms with van der Waals surface area (Å²) in [4.78, 5) is 17.2. The maximum atomic E-state index is 12.9. The molecule has 1 aliphatic heterocycles. The SMILES string of the molecule is N#CC1=c2oc(=O)/c(=C\c3cccc(Cl)c3Cl)n2-c2oc(N)nc2[C@@H]1c1cccc(Cl)c1Cl. The molecule has 4 aromatic rings. The van der Waals surface area contributed by atoms with Crippen molar-refractivity contribution in [3.05, 3.63) is 94.6 Å². The van der Waals surface area contributed by atoms with E-state index in [-0.39, 0.29) is 49.1 Å². The molecule has 0 amide bonds. The molecule has 11 heteroatoms. The molecule has 1 atom stereocenters. The minimum Gasteiger partial charge on any atom is -0.406 e. The molecule has 164 valence electrons. The molecule has 0 saturated carbocycles. The predicted octanol–water partition coefficient (Wildman–Crippen LogP) is 4.26. The molecule has 5 rings (SSSR count). The molecular formula is C22H10Cl4N4O3. The quantitative estimate of drug-likeness (QED) is 0.423. The van der Waals surface area contributed by atoms with E-state index in [0.717, 1.165) is 0 Å². The molecular weight excluding hydrogens is 510 g/mol. The smallest absolute Gasteiger partial charge is 0.362 e. The summed E-state index contributed by atoms with van der Waals surface area (Å²) in [6.07, 6.45) is 1.48. The lowest BCUT2D eigenvalue weighted by Gasteiger charge is -2.20. The highest BCUT2D eigenvalue weighted by Gasteiger charge is 2.37. The monoisotopic (exact) mass is 518 g/mol. The fraction of sp³-hybridized carbons (Fsp3) is 0.0455. The van der Waals surface area contributed by atoms with Crippen molar-refractivity contribution in [3.8, 4) is 12.0 Å². The van der Waals surface area contributed by atoms with Crippen molar-refractivity contribution in [2.24, 2.45) is 0 Å². The number of benzene rings is 2. The summed E-state index contributed by atoms with van der Waals surface area (Å²) < 4.78 is 12.5.